The molecule has 0 bridgehead atoms. The van der Waals surface area contributed by atoms with E-state index in [0.717, 1.165) is 26.5 Å². The molecule has 0 saturated carbocycles. The summed E-state index contributed by atoms with van der Waals surface area (Å²) in [6.45, 7) is 11.0. The van der Waals surface area contributed by atoms with E-state index < -0.39 is 36.2 Å². The molecule has 0 radical (unpaired) electrons. The monoisotopic (exact) mass is 494 g/mol. The molecule has 2 atom stereocenters. The zero-order chi connectivity index (χ0) is 26.9. The van der Waals surface area contributed by atoms with E-state index in [0.29, 0.717) is 6.42 Å². The number of amides is 1. The van der Waals surface area contributed by atoms with Crippen molar-refractivity contribution in [1.82, 2.24) is 10.6 Å². The lowest BCUT2D eigenvalue weighted by molar-refractivity contribution is -0.255. The molecule has 1 saturated heterocycles. The van der Waals surface area contributed by atoms with Gasteiger partial charge in [-0.2, -0.15) is 4.89 Å². The van der Waals surface area contributed by atoms with Crippen molar-refractivity contribution in [2.75, 3.05) is 20.3 Å². The fourth-order valence-corrected chi connectivity index (χ4v) is 2.31. The maximum atomic E-state index is 11.8. The normalized spacial score (nSPS) is 15.5. The minimum Gasteiger partial charge on any atom is -0.473 e. The molecule has 34 heavy (non-hydrogen) atoms. The molecule has 1 aliphatic rings. The number of hydrogen-bond donors (Lipinski definition) is 4. The van der Waals surface area contributed by atoms with Gasteiger partial charge in [-0.15, -0.1) is 0 Å². The summed E-state index contributed by atoms with van der Waals surface area (Å²) in [5, 5.41) is 21.8. The van der Waals surface area contributed by atoms with Crippen molar-refractivity contribution in [3.05, 3.63) is 0 Å². The van der Waals surface area contributed by atoms with E-state index >= 15 is 0 Å². The third-order valence-corrected chi connectivity index (χ3v) is 3.62. The lowest BCUT2D eigenvalue weighted by Crippen LogP contribution is -2.48. The molecule has 0 unspecified atom stereocenters. The number of rotatable bonds is 7. The molecule has 0 aromatic carbocycles. The number of carboxylic acids is 1. The Bertz CT molecular complexity index is 654. The molecule has 13 heteroatoms. The van der Waals surface area contributed by atoms with Crippen LogP contribution in [0.25, 0.3) is 0 Å². The Hall–Kier alpha value is -2.77. The predicted octanol–water partition coefficient (Wildman–Crippen LogP) is 0.0808. The number of esters is 2. The second kappa shape index (κ2) is 17.7. The van der Waals surface area contributed by atoms with Gasteiger partial charge < -0.3 is 30.3 Å². The van der Waals surface area contributed by atoms with Crippen LogP contribution in [0.4, 0.5) is 0 Å². The van der Waals surface area contributed by atoms with Gasteiger partial charge in [-0.3, -0.25) is 9.68 Å². The van der Waals surface area contributed by atoms with Gasteiger partial charge in [0.2, 0.25) is 5.91 Å². The van der Waals surface area contributed by atoms with E-state index in [1.165, 1.54) is 0 Å². The van der Waals surface area contributed by atoms with Crippen LogP contribution >= 0.6 is 0 Å². The number of carboxylic acid groups (broad SMARTS) is 1. The van der Waals surface area contributed by atoms with Crippen LogP contribution in [0.2, 0.25) is 0 Å². The smallest absolute Gasteiger partial charge is 0.449 e. The van der Waals surface area contributed by atoms with E-state index in [-0.39, 0.29) is 24.0 Å². The van der Waals surface area contributed by atoms with Crippen molar-refractivity contribution < 1.29 is 53.4 Å². The molecule has 1 fully saturated rings. The number of aliphatic hydroxyl groups is 1. The highest BCUT2D eigenvalue weighted by atomic mass is 17.2. The van der Waals surface area contributed by atoms with Crippen LogP contribution in [0, 0.1) is 0 Å². The molecular weight excluding hydrogens is 456 g/mol. The average molecular weight is 495 g/mol. The number of aliphatic carboxylic acids is 1. The number of carbonyl (C=O) groups excluding carboxylic acids is 4. The summed E-state index contributed by atoms with van der Waals surface area (Å²) in [6, 6.07) is -0.691. The van der Waals surface area contributed by atoms with Crippen molar-refractivity contribution in [2.24, 2.45) is 0 Å². The van der Waals surface area contributed by atoms with Crippen molar-refractivity contribution in [2.45, 2.75) is 84.6 Å². The molecule has 13 nitrogen and oxygen atoms in total. The number of nitrogens with one attached hydrogen (secondary N) is 2. The van der Waals surface area contributed by atoms with Gasteiger partial charge in [0.05, 0.1) is 19.3 Å². The first kappa shape index (κ1) is 33.4. The van der Waals surface area contributed by atoms with Gasteiger partial charge in [-0.25, -0.2) is 19.2 Å². The topological polar surface area (TPSA) is 187 Å². The van der Waals surface area contributed by atoms with Gasteiger partial charge in [0.25, 0.3) is 0 Å². The SMILES string of the molecule is CC(C)(C)OC(=O)CO.CC[C@H](NC(=O)[C@@H]1CCCN1)C(=O)OC(C)C.COOC(=O)C(=O)O. The Morgan fingerprint density at radius 1 is 1.15 bits per heavy atom. The molecular formula is C21H38N2O11. The molecule has 198 valence electrons. The van der Waals surface area contributed by atoms with Crippen LogP contribution in [-0.4, -0.2) is 84.0 Å². The Morgan fingerprint density at radius 2 is 1.74 bits per heavy atom. The minimum atomic E-state index is -1.67. The molecule has 1 heterocycles. The van der Waals surface area contributed by atoms with Crippen LogP contribution in [0.3, 0.4) is 0 Å². The van der Waals surface area contributed by atoms with E-state index in [2.05, 4.69) is 20.4 Å². The largest absolute Gasteiger partial charge is 0.473 e. The maximum Gasteiger partial charge on any atom is 0.449 e. The summed E-state index contributed by atoms with van der Waals surface area (Å²) in [6.07, 6.45) is 2.23. The van der Waals surface area contributed by atoms with E-state index in [9.17, 15) is 24.0 Å². The van der Waals surface area contributed by atoms with Gasteiger partial charge in [0.15, 0.2) is 0 Å². The van der Waals surface area contributed by atoms with E-state index in [4.69, 9.17) is 19.7 Å². The number of carbonyl (C=O) groups is 5. The molecule has 0 aromatic rings. The molecule has 0 spiro atoms. The van der Waals surface area contributed by atoms with Crippen LogP contribution < -0.4 is 10.6 Å². The summed E-state index contributed by atoms with van der Waals surface area (Å²) in [5.41, 5.74) is -0.486. The lowest BCUT2D eigenvalue weighted by Gasteiger charge is -2.19. The summed E-state index contributed by atoms with van der Waals surface area (Å²) in [7, 11) is 1.04. The van der Waals surface area contributed by atoms with Gasteiger partial charge in [0.1, 0.15) is 18.2 Å². The van der Waals surface area contributed by atoms with Crippen molar-refractivity contribution in [3.63, 3.8) is 0 Å². The first-order valence-electron chi connectivity index (χ1n) is 10.7. The first-order chi connectivity index (χ1) is 15.7. The quantitative estimate of drug-likeness (QED) is 0.162. The van der Waals surface area contributed by atoms with Gasteiger partial charge >= 0.3 is 23.9 Å². The molecule has 1 rings (SSSR count). The summed E-state index contributed by atoms with van der Waals surface area (Å²) < 4.78 is 9.79. The van der Waals surface area contributed by atoms with Crippen molar-refractivity contribution in [3.8, 4) is 0 Å². The van der Waals surface area contributed by atoms with E-state index in [1.54, 1.807) is 34.6 Å². The van der Waals surface area contributed by atoms with Crippen LogP contribution in [0.5, 0.6) is 0 Å². The molecule has 0 aromatic heterocycles. The summed E-state index contributed by atoms with van der Waals surface area (Å²) in [4.78, 5) is 60.5. The molecule has 4 N–H and O–H groups in total. The highest BCUT2D eigenvalue weighted by molar-refractivity contribution is 6.28. The van der Waals surface area contributed by atoms with Crippen LogP contribution in [0.15, 0.2) is 0 Å². The van der Waals surface area contributed by atoms with Crippen molar-refractivity contribution in [1.29, 1.82) is 0 Å². The average Bonchev–Trinajstić information content (AvgIpc) is 3.26. The number of aliphatic hydroxyl groups excluding tert-OH is 1. The molecule has 1 amide bonds. The Kier molecular flexibility index (Phi) is 17.4. The first-order valence-corrected chi connectivity index (χ1v) is 10.7. The highest BCUT2D eigenvalue weighted by Crippen LogP contribution is 2.07. The number of ether oxygens (including phenoxy) is 2. The summed E-state index contributed by atoms with van der Waals surface area (Å²) in [5.74, 6) is -4.13. The predicted molar refractivity (Wildman–Crippen MR) is 118 cm³/mol. The van der Waals surface area contributed by atoms with Crippen LogP contribution in [-0.2, 0) is 43.2 Å². The van der Waals surface area contributed by atoms with Crippen LogP contribution in [0.1, 0.15) is 60.8 Å². The third-order valence-electron chi connectivity index (χ3n) is 3.62. The zero-order valence-electron chi connectivity index (χ0n) is 20.8. The Morgan fingerprint density at radius 3 is 2.03 bits per heavy atom. The lowest BCUT2D eigenvalue weighted by atomic mass is 10.1. The molecule has 1 aliphatic heterocycles. The second-order valence-electron chi connectivity index (χ2n) is 8.19. The summed E-state index contributed by atoms with van der Waals surface area (Å²) >= 11 is 0. The molecule has 0 aliphatic carbocycles. The van der Waals surface area contributed by atoms with Gasteiger partial charge in [-0.1, -0.05) is 6.92 Å². The van der Waals surface area contributed by atoms with Crippen molar-refractivity contribution >= 4 is 29.8 Å². The van der Waals surface area contributed by atoms with E-state index in [1.807, 2.05) is 6.92 Å². The fraction of sp³-hybridized carbons (Fsp3) is 0.762. The zero-order valence-corrected chi connectivity index (χ0v) is 20.8. The second-order valence-corrected chi connectivity index (χ2v) is 8.19. The fourth-order valence-electron chi connectivity index (χ4n) is 2.31. The Labute approximate surface area is 199 Å². The highest BCUT2D eigenvalue weighted by Gasteiger charge is 2.27. The maximum absolute atomic E-state index is 11.8. The standard InChI is InChI=1S/C12H22N2O3.C6H12O3.C3H4O5/c1-4-9(12(16)17-8(2)3)14-11(15)10-6-5-7-13-10;1-6(2,3)9-5(8)4-7;1-7-8-3(6)2(4)5/h8-10,13H,4-7H2,1-3H3,(H,14,15);7H,4H2,1-3H3;1H3,(H,4,5)/t9-,10-;;/m0../s1. The number of hydrogen-bond acceptors (Lipinski definition) is 11. The van der Waals surface area contributed by atoms with Gasteiger partial charge in [-0.05, 0) is 60.4 Å². The van der Waals surface area contributed by atoms with Gasteiger partial charge in [0, 0.05) is 0 Å². The minimum absolute atomic E-state index is 0.102. The Balaban J connectivity index is 0. The third kappa shape index (κ3) is 17.7.